The van der Waals surface area contributed by atoms with Gasteiger partial charge in [0.05, 0.1) is 11.9 Å². The number of carbonyl (C=O) groups is 2. The van der Waals surface area contributed by atoms with E-state index in [-0.39, 0.29) is 11.9 Å². The van der Waals surface area contributed by atoms with Gasteiger partial charge in [0.15, 0.2) is 0 Å². The smallest absolute Gasteiger partial charge is 0.321 e. The molecule has 2 saturated heterocycles. The normalized spacial score (nSPS) is 25.6. The lowest BCUT2D eigenvalue weighted by Crippen LogP contribution is -2.56. The van der Waals surface area contributed by atoms with Crippen LogP contribution in [0.15, 0.2) is 18.3 Å². The Balaban J connectivity index is 1.34. The number of hydrogen-bond acceptors (Lipinski definition) is 4. The average Bonchev–Trinajstić information content (AvgIpc) is 3.52. The summed E-state index contributed by atoms with van der Waals surface area (Å²) < 4.78 is 0. The number of anilines is 2. The highest BCUT2D eigenvalue weighted by Gasteiger charge is 2.42. The zero-order valence-electron chi connectivity index (χ0n) is 16.2. The van der Waals surface area contributed by atoms with Crippen molar-refractivity contribution in [3.8, 4) is 0 Å². The Labute approximate surface area is 160 Å². The molecule has 146 valence electrons. The summed E-state index contributed by atoms with van der Waals surface area (Å²) in [4.78, 5) is 34.5. The summed E-state index contributed by atoms with van der Waals surface area (Å²) in [5, 5.41) is 2.96. The molecule has 3 heterocycles. The molecule has 2 aliphatic heterocycles. The van der Waals surface area contributed by atoms with Crippen LogP contribution in [-0.2, 0) is 4.79 Å². The number of hydrogen-bond donors (Lipinski definition) is 1. The molecule has 1 aromatic heterocycles. The molecule has 1 saturated carbocycles. The third-order valence-electron chi connectivity index (χ3n) is 6.23. The lowest BCUT2D eigenvalue weighted by Gasteiger charge is -2.47. The van der Waals surface area contributed by atoms with Gasteiger partial charge < -0.3 is 15.1 Å². The first-order chi connectivity index (χ1) is 13.0. The van der Waals surface area contributed by atoms with E-state index in [9.17, 15) is 9.59 Å². The van der Waals surface area contributed by atoms with Gasteiger partial charge in [0.25, 0.3) is 0 Å². The number of aromatic nitrogens is 1. The predicted octanol–water partition coefficient (Wildman–Crippen LogP) is 2.54. The SMILES string of the molecule is CC(=O)N(C)c1ccc(NC(=O)N2CCC3C(CCCN3C3CC3)C2)cn1. The highest BCUT2D eigenvalue weighted by atomic mass is 16.2. The van der Waals surface area contributed by atoms with Gasteiger partial charge in [0, 0.05) is 39.1 Å². The van der Waals surface area contributed by atoms with E-state index in [1.165, 1.54) is 44.1 Å². The minimum absolute atomic E-state index is 0.0496. The van der Waals surface area contributed by atoms with Crippen molar-refractivity contribution in [2.75, 3.05) is 36.9 Å². The van der Waals surface area contributed by atoms with Gasteiger partial charge >= 0.3 is 6.03 Å². The van der Waals surface area contributed by atoms with Gasteiger partial charge in [0.2, 0.25) is 5.91 Å². The van der Waals surface area contributed by atoms with E-state index in [1.54, 1.807) is 25.4 Å². The molecule has 2 atom stereocenters. The van der Waals surface area contributed by atoms with Gasteiger partial charge in [-0.2, -0.15) is 0 Å². The van der Waals surface area contributed by atoms with E-state index in [0.717, 1.165) is 25.6 Å². The highest BCUT2D eigenvalue weighted by Crippen LogP contribution is 2.38. The van der Waals surface area contributed by atoms with Crippen LogP contribution in [0.25, 0.3) is 0 Å². The average molecular weight is 371 g/mol. The second-order valence-corrected chi connectivity index (χ2v) is 8.09. The molecule has 1 N–H and O–H groups in total. The molecule has 0 aromatic carbocycles. The monoisotopic (exact) mass is 371 g/mol. The van der Waals surface area contributed by atoms with Crippen LogP contribution in [-0.4, -0.2) is 65.5 Å². The Hall–Kier alpha value is -2.15. The Morgan fingerprint density at radius 3 is 2.67 bits per heavy atom. The Kier molecular flexibility index (Phi) is 5.04. The van der Waals surface area contributed by atoms with E-state index < -0.39 is 0 Å². The fourth-order valence-corrected chi connectivity index (χ4v) is 4.51. The molecule has 3 aliphatic rings. The van der Waals surface area contributed by atoms with E-state index in [2.05, 4.69) is 15.2 Å². The number of rotatable bonds is 3. The summed E-state index contributed by atoms with van der Waals surface area (Å²) in [7, 11) is 1.68. The number of nitrogens with zero attached hydrogens (tertiary/aromatic N) is 4. The van der Waals surface area contributed by atoms with Crippen LogP contribution >= 0.6 is 0 Å². The molecule has 1 aliphatic carbocycles. The Morgan fingerprint density at radius 1 is 1.19 bits per heavy atom. The highest BCUT2D eigenvalue weighted by molar-refractivity contribution is 5.91. The van der Waals surface area contributed by atoms with Crippen molar-refractivity contribution < 1.29 is 9.59 Å². The first-order valence-electron chi connectivity index (χ1n) is 10.0. The van der Waals surface area contributed by atoms with Gasteiger partial charge in [-0.3, -0.25) is 9.69 Å². The van der Waals surface area contributed by atoms with Crippen molar-refractivity contribution in [2.24, 2.45) is 5.92 Å². The minimum atomic E-state index is -0.0742. The molecular formula is C20H29N5O2. The molecule has 3 amide bonds. The zero-order chi connectivity index (χ0) is 19.0. The van der Waals surface area contributed by atoms with Crippen molar-refractivity contribution in [3.63, 3.8) is 0 Å². The van der Waals surface area contributed by atoms with Crippen molar-refractivity contribution in [3.05, 3.63) is 18.3 Å². The molecule has 7 nitrogen and oxygen atoms in total. The number of amides is 3. The van der Waals surface area contributed by atoms with E-state index in [0.29, 0.717) is 23.5 Å². The van der Waals surface area contributed by atoms with Gasteiger partial charge in [-0.25, -0.2) is 9.78 Å². The molecule has 2 unspecified atom stereocenters. The summed E-state index contributed by atoms with van der Waals surface area (Å²) in [6.07, 6.45) is 7.88. The summed E-state index contributed by atoms with van der Waals surface area (Å²) in [5.41, 5.74) is 0.658. The van der Waals surface area contributed by atoms with Gasteiger partial charge in [-0.1, -0.05) is 0 Å². The van der Waals surface area contributed by atoms with Gasteiger partial charge in [-0.15, -0.1) is 0 Å². The molecule has 1 aromatic rings. The predicted molar refractivity (Wildman–Crippen MR) is 105 cm³/mol. The van der Waals surface area contributed by atoms with Crippen LogP contribution in [0.4, 0.5) is 16.3 Å². The molecule has 0 spiro atoms. The van der Waals surface area contributed by atoms with Crippen molar-refractivity contribution in [2.45, 2.75) is 51.1 Å². The summed E-state index contributed by atoms with van der Waals surface area (Å²) in [5.74, 6) is 1.10. The standard InChI is InChI=1S/C20H29N5O2/c1-14(26)23(2)19-8-5-16(12-21-19)22-20(27)24-11-9-18-15(13-24)4-3-10-25(18)17-6-7-17/h5,8,12,15,17-18H,3-4,6-7,9-11,13H2,1-2H3,(H,22,27). The Bertz CT molecular complexity index is 703. The summed E-state index contributed by atoms with van der Waals surface area (Å²) in [6.45, 7) is 4.40. The van der Waals surface area contributed by atoms with Gasteiger partial charge in [-0.05, 0) is 56.7 Å². The van der Waals surface area contributed by atoms with Crippen LogP contribution in [0.5, 0.6) is 0 Å². The summed E-state index contributed by atoms with van der Waals surface area (Å²) >= 11 is 0. The quantitative estimate of drug-likeness (QED) is 0.887. The van der Waals surface area contributed by atoms with E-state index >= 15 is 0 Å². The third-order valence-corrected chi connectivity index (χ3v) is 6.23. The van der Waals surface area contributed by atoms with Crippen LogP contribution in [0.2, 0.25) is 0 Å². The van der Waals surface area contributed by atoms with Crippen molar-refractivity contribution in [1.29, 1.82) is 0 Å². The van der Waals surface area contributed by atoms with Gasteiger partial charge in [0.1, 0.15) is 5.82 Å². The molecule has 4 rings (SSSR count). The maximum absolute atomic E-state index is 12.7. The van der Waals surface area contributed by atoms with Crippen molar-refractivity contribution >= 4 is 23.4 Å². The largest absolute Gasteiger partial charge is 0.324 e. The molecule has 0 radical (unpaired) electrons. The molecule has 7 heteroatoms. The number of likely N-dealkylation sites (tertiary alicyclic amines) is 2. The van der Waals surface area contributed by atoms with Crippen LogP contribution in [0.1, 0.15) is 39.0 Å². The molecule has 0 bridgehead atoms. The molecule has 27 heavy (non-hydrogen) atoms. The molecule has 3 fully saturated rings. The maximum atomic E-state index is 12.7. The fraction of sp³-hybridized carbons (Fsp3) is 0.650. The zero-order valence-corrected chi connectivity index (χ0v) is 16.2. The topological polar surface area (TPSA) is 68.8 Å². The number of nitrogens with one attached hydrogen (secondary N) is 1. The van der Waals surface area contributed by atoms with Crippen LogP contribution < -0.4 is 10.2 Å². The van der Waals surface area contributed by atoms with E-state index in [1.807, 2.05) is 4.90 Å². The number of urea groups is 1. The second kappa shape index (κ2) is 7.46. The molecular weight excluding hydrogens is 342 g/mol. The van der Waals surface area contributed by atoms with Crippen LogP contribution in [0.3, 0.4) is 0 Å². The number of pyridine rings is 1. The van der Waals surface area contributed by atoms with Crippen LogP contribution in [0, 0.1) is 5.92 Å². The third kappa shape index (κ3) is 3.93. The number of carbonyl (C=O) groups excluding carboxylic acids is 2. The Morgan fingerprint density at radius 2 is 2.00 bits per heavy atom. The lowest BCUT2D eigenvalue weighted by molar-refractivity contribution is -0.116. The van der Waals surface area contributed by atoms with Crippen molar-refractivity contribution in [1.82, 2.24) is 14.8 Å². The fourth-order valence-electron chi connectivity index (χ4n) is 4.51. The first-order valence-corrected chi connectivity index (χ1v) is 10.0. The summed E-state index contributed by atoms with van der Waals surface area (Å²) in [6, 6.07) is 4.97. The lowest BCUT2D eigenvalue weighted by atomic mass is 9.84. The second-order valence-electron chi connectivity index (χ2n) is 8.09. The first kappa shape index (κ1) is 18.2. The number of piperidine rings is 2. The maximum Gasteiger partial charge on any atom is 0.321 e. The minimum Gasteiger partial charge on any atom is -0.324 e. The van der Waals surface area contributed by atoms with E-state index in [4.69, 9.17) is 0 Å². The number of fused-ring (bicyclic) bond motifs is 1.